The fourth-order valence-electron chi connectivity index (χ4n) is 2.36. The molecule has 1 aromatic carbocycles. The van der Waals surface area contributed by atoms with E-state index in [1.54, 1.807) is 19.1 Å². The number of carbonyl (C=O) groups excluding carboxylic acids is 1. The Morgan fingerprint density at radius 2 is 2.28 bits per heavy atom. The molecule has 3 nitrogen and oxygen atoms in total. The van der Waals surface area contributed by atoms with Crippen molar-refractivity contribution in [2.45, 2.75) is 32.7 Å². The number of benzene rings is 1. The minimum atomic E-state index is -0.249. The lowest BCUT2D eigenvalue weighted by atomic mass is 9.91. The van der Waals surface area contributed by atoms with Gasteiger partial charge in [0, 0.05) is 11.7 Å². The first kappa shape index (κ1) is 13.0. The molecule has 0 aliphatic carbocycles. The topological polar surface area (TPSA) is 41.1 Å². The van der Waals surface area contributed by atoms with Crippen LogP contribution in [0.1, 0.15) is 25.3 Å². The first-order chi connectivity index (χ1) is 8.58. The van der Waals surface area contributed by atoms with E-state index in [-0.39, 0.29) is 23.7 Å². The van der Waals surface area contributed by atoms with Crippen molar-refractivity contribution in [3.05, 3.63) is 29.6 Å². The van der Waals surface area contributed by atoms with E-state index in [0.29, 0.717) is 11.3 Å². The maximum atomic E-state index is 13.1. The number of anilines is 1. The molecule has 0 aromatic heterocycles. The van der Waals surface area contributed by atoms with Crippen LogP contribution < -0.4 is 10.6 Å². The summed E-state index contributed by atoms with van der Waals surface area (Å²) in [6.45, 7) is 4.69. The summed E-state index contributed by atoms with van der Waals surface area (Å²) in [4.78, 5) is 12.1. The Kier molecular flexibility index (Phi) is 3.97. The third kappa shape index (κ3) is 2.88. The highest BCUT2D eigenvalue weighted by Gasteiger charge is 2.27. The van der Waals surface area contributed by atoms with Gasteiger partial charge in [0.1, 0.15) is 5.82 Å². The molecule has 1 amide bonds. The number of hydrogen-bond donors (Lipinski definition) is 2. The minimum Gasteiger partial charge on any atom is -0.326 e. The number of carbonyl (C=O) groups is 1. The Balaban J connectivity index is 2.04. The van der Waals surface area contributed by atoms with E-state index < -0.39 is 0 Å². The highest BCUT2D eigenvalue weighted by molar-refractivity contribution is 5.93. The van der Waals surface area contributed by atoms with Crippen molar-refractivity contribution in [2.24, 2.45) is 5.92 Å². The van der Waals surface area contributed by atoms with Gasteiger partial charge in [0.2, 0.25) is 5.91 Å². The van der Waals surface area contributed by atoms with Crippen LogP contribution >= 0.6 is 0 Å². The quantitative estimate of drug-likeness (QED) is 0.846. The standard InChI is InChI=1S/C14H19FN2O/c1-9-8-11(5-6-13(9)15)17-14(18)12-4-3-7-16-10(12)2/h5-6,8,10,12,16H,3-4,7H2,1-2H3,(H,17,18). The lowest BCUT2D eigenvalue weighted by molar-refractivity contribution is -0.121. The lowest BCUT2D eigenvalue weighted by Gasteiger charge is -2.28. The number of halogens is 1. The zero-order valence-electron chi connectivity index (χ0n) is 10.8. The van der Waals surface area contributed by atoms with Gasteiger partial charge in [-0.15, -0.1) is 0 Å². The summed E-state index contributed by atoms with van der Waals surface area (Å²) in [5.74, 6) is -0.245. The van der Waals surface area contributed by atoms with Gasteiger partial charge < -0.3 is 10.6 Å². The van der Waals surface area contributed by atoms with Gasteiger partial charge in [-0.2, -0.15) is 0 Å². The van der Waals surface area contributed by atoms with Crippen LogP contribution in [0, 0.1) is 18.7 Å². The third-order valence-electron chi connectivity index (χ3n) is 3.52. The number of aryl methyl sites for hydroxylation is 1. The first-order valence-corrected chi connectivity index (χ1v) is 6.38. The molecule has 2 N–H and O–H groups in total. The maximum absolute atomic E-state index is 13.1. The van der Waals surface area contributed by atoms with E-state index in [4.69, 9.17) is 0 Å². The van der Waals surface area contributed by atoms with Crippen LogP contribution in [0.5, 0.6) is 0 Å². The van der Waals surface area contributed by atoms with Crippen LogP contribution in [0.15, 0.2) is 18.2 Å². The van der Waals surface area contributed by atoms with E-state index in [9.17, 15) is 9.18 Å². The van der Waals surface area contributed by atoms with Crippen molar-refractivity contribution >= 4 is 11.6 Å². The molecule has 1 saturated heterocycles. The monoisotopic (exact) mass is 250 g/mol. The van der Waals surface area contributed by atoms with Crippen molar-refractivity contribution in [1.82, 2.24) is 5.32 Å². The van der Waals surface area contributed by atoms with Crippen LogP contribution in [-0.2, 0) is 4.79 Å². The molecule has 1 fully saturated rings. The van der Waals surface area contributed by atoms with Crippen LogP contribution in [0.3, 0.4) is 0 Å². The molecule has 0 saturated carbocycles. The van der Waals surface area contributed by atoms with E-state index in [0.717, 1.165) is 19.4 Å². The third-order valence-corrected chi connectivity index (χ3v) is 3.52. The molecule has 0 radical (unpaired) electrons. The smallest absolute Gasteiger partial charge is 0.229 e. The Labute approximate surface area is 107 Å². The number of nitrogens with one attached hydrogen (secondary N) is 2. The summed E-state index contributed by atoms with van der Waals surface area (Å²) in [6.07, 6.45) is 1.92. The van der Waals surface area contributed by atoms with Gasteiger partial charge in [-0.05, 0) is 57.0 Å². The molecule has 2 unspecified atom stereocenters. The van der Waals surface area contributed by atoms with Crippen molar-refractivity contribution in [3.8, 4) is 0 Å². The average molecular weight is 250 g/mol. The van der Waals surface area contributed by atoms with Crippen molar-refractivity contribution < 1.29 is 9.18 Å². The molecule has 1 aromatic rings. The van der Waals surface area contributed by atoms with E-state index in [1.807, 2.05) is 6.92 Å². The molecule has 1 heterocycles. The largest absolute Gasteiger partial charge is 0.326 e. The van der Waals surface area contributed by atoms with E-state index in [2.05, 4.69) is 10.6 Å². The Morgan fingerprint density at radius 1 is 1.50 bits per heavy atom. The fourth-order valence-corrected chi connectivity index (χ4v) is 2.36. The van der Waals surface area contributed by atoms with Gasteiger partial charge >= 0.3 is 0 Å². The zero-order valence-corrected chi connectivity index (χ0v) is 10.8. The summed E-state index contributed by atoms with van der Waals surface area (Å²) < 4.78 is 13.1. The molecule has 0 spiro atoms. The van der Waals surface area contributed by atoms with Gasteiger partial charge in [-0.3, -0.25) is 4.79 Å². The van der Waals surface area contributed by atoms with Gasteiger partial charge in [0.05, 0.1) is 5.92 Å². The van der Waals surface area contributed by atoms with Gasteiger partial charge in [-0.25, -0.2) is 4.39 Å². The SMILES string of the molecule is Cc1cc(NC(=O)C2CCCNC2C)ccc1F. The second kappa shape index (κ2) is 5.48. The van der Waals surface area contributed by atoms with E-state index in [1.165, 1.54) is 6.07 Å². The second-order valence-corrected chi connectivity index (χ2v) is 4.94. The minimum absolute atomic E-state index is 0.0101. The second-order valence-electron chi connectivity index (χ2n) is 4.94. The summed E-state index contributed by atoms with van der Waals surface area (Å²) in [7, 11) is 0. The molecular weight excluding hydrogens is 231 g/mol. The number of hydrogen-bond acceptors (Lipinski definition) is 2. The number of piperidine rings is 1. The average Bonchev–Trinajstić information content (AvgIpc) is 2.34. The highest BCUT2D eigenvalue weighted by Crippen LogP contribution is 2.20. The van der Waals surface area contributed by atoms with Crippen LogP contribution in [-0.4, -0.2) is 18.5 Å². The van der Waals surface area contributed by atoms with Gasteiger partial charge in [-0.1, -0.05) is 0 Å². The number of amides is 1. The van der Waals surface area contributed by atoms with Crippen molar-refractivity contribution in [2.75, 3.05) is 11.9 Å². The first-order valence-electron chi connectivity index (χ1n) is 6.38. The van der Waals surface area contributed by atoms with Gasteiger partial charge in [0.25, 0.3) is 0 Å². The summed E-state index contributed by atoms with van der Waals surface area (Å²) >= 11 is 0. The molecule has 4 heteroatoms. The normalized spacial score (nSPS) is 23.7. The predicted molar refractivity (Wildman–Crippen MR) is 70.0 cm³/mol. The molecule has 1 aliphatic heterocycles. The van der Waals surface area contributed by atoms with Crippen LogP contribution in [0.4, 0.5) is 10.1 Å². The molecule has 2 rings (SSSR count). The van der Waals surface area contributed by atoms with Gasteiger partial charge in [0.15, 0.2) is 0 Å². The Morgan fingerprint density at radius 3 is 2.94 bits per heavy atom. The molecule has 98 valence electrons. The predicted octanol–water partition coefficient (Wildman–Crippen LogP) is 2.46. The molecule has 18 heavy (non-hydrogen) atoms. The summed E-state index contributed by atoms with van der Waals surface area (Å²) in [5, 5.41) is 6.16. The zero-order chi connectivity index (χ0) is 13.1. The summed E-state index contributed by atoms with van der Waals surface area (Å²) in [5.41, 5.74) is 1.21. The fraction of sp³-hybridized carbons (Fsp3) is 0.500. The van der Waals surface area contributed by atoms with Crippen molar-refractivity contribution in [1.29, 1.82) is 0 Å². The van der Waals surface area contributed by atoms with E-state index >= 15 is 0 Å². The molecule has 2 atom stereocenters. The molecule has 1 aliphatic rings. The summed E-state index contributed by atoms with van der Waals surface area (Å²) in [6, 6.07) is 4.84. The highest BCUT2D eigenvalue weighted by atomic mass is 19.1. The number of rotatable bonds is 2. The molecular formula is C14H19FN2O. The Bertz CT molecular complexity index is 447. The molecule has 0 bridgehead atoms. The Hall–Kier alpha value is -1.42. The lowest BCUT2D eigenvalue weighted by Crippen LogP contribution is -2.44. The van der Waals surface area contributed by atoms with Crippen molar-refractivity contribution in [3.63, 3.8) is 0 Å². The maximum Gasteiger partial charge on any atom is 0.229 e. The van der Waals surface area contributed by atoms with Crippen LogP contribution in [0.2, 0.25) is 0 Å². The van der Waals surface area contributed by atoms with Crippen LogP contribution in [0.25, 0.3) is 0 Å².